The van der Waals surface area contributed by atoms with Gasteiger partial charge in [0.1, 0.15) is 35.6 Å². The summed E-state index contributed by atoms with van der Waals surface area (Å²) in [6.07, 6.45) is 0.667. The van der Waals surface area contributed by atoms with Gasteiger partial charge in [0.2, 0.25) is 0 Å². The quantitative estimate of drug-likeness (QED) is 0.0946. The number of methoxy groups -OCH3 is 4. The highest BCUT2D eigenvalue weighted by Gasteiger charge is 2.35. The number of fused-ring (bicyclic) bond motifs is 1. The van der Waals surface area contributed by atoms with E-state index in [1.165, 1.54) is 35.8 Å². The Kier molecular flexibility index (Phi) is 13.1. The molecule has 0 spiro atoms. The van der Waals surface area contributed by atoms with Gasteiger partial charge in [-0.3, -0.25) is 19.0 Å². The van der Waals surface area contributed by atoms with Gasteiger partial charge in [0, 0.05) is 27.6 Å². The summed E-state index contributed by atoms with van der Waals surface area (Å²) in [6, 6.07) is 34.1. The average molecular weight is 783 g/mol. The maximum atomic E-state index is 14.3. The number of carbonyl (C=O) groups excluding carboxylic acids is 2. The molecule has 0 aromatic heterocycles. The van der Waals surface area contributed by atoms with E-state index in [2.05, 4.69) is 14.3 Å². The number of nitrogens with zero attached hydrogens (tertiary/aromatic N) is 2. The van der Waals surface area contributed by atoms with Crippen LogP contribution in [0.15, 0.2) is 124 Å². The van der Waals surface area contributed by atoms with Crippen LogP contribution in [0, 0.1) is 6.92 Å². The van der Waals surface area contributed by atoms with Crippen molar-refractivity contribution < 1.29 is 28.5 Å². The lowest BCUT2D eigenvalue weighted by atomic mass is 10.0. The second kappa shape index (κ2) is 18.3. The molecule has 54 heavy (non-hydrogen) atoms. The molecule has 1 heterocycles. The number of carbonyl (C=O) groups is 2. The number of aryl methyl sites for hydroxylation is 1. The summed E-state index contributed by atoms with van der Waals surface area (Å²) in [4.78, 5) is 32.6. The van der Waals surface area contributed by atoms with E-state index >= 15 is 0 Å². The van der Waals surface area contributed by atoms with Gasteiger partial charge in [-0.1, -0.05) is 24.3 Å². The highest BCUT2D eigenvalue weighted by Crippen LogP contribution is 2.43. The van der Waals surface area contributed by atoms with Crippen molar-refractivity contribution in [1.29, 1.82) is 0 Å². The molecule has 13 heteroatoms. The molecule has 1 atom stereocenters. The fourth-order valence-electron chi connectivity index (χ4n) is 6.10. The third-order valence-corrected chi connectivity index (χ3v) is 11.5. The first-order valence-electron chi connectivity index (χ1n) is 17.1. The van der Waals surface area contributed by atoms with Gasteiger partial charge in [-0.2, -0.15) is 0 Å². The molecule has 6 rings (SSSR count). The number of rotatable bonds is 16. The molecule has 5 aromatic rings. The molecule has 1 unspecified atom stereocenters. The van der Waals surface area contributed by atoms with Crippen LogP contribution in [0.3, 0.4) is 0 Å². The number of ether oxygens (including phenoxy) is 4. The van der Waals surface area contributed by atoms with Crippen LogP contribution in [0.5, 0.6) is 23.0 Å². The van der Waals surface area contributed by atoms with Crippen LogP contribution >= 0.6 is 35.8 Å². The number of amides is 2. The predicted molar refractivity (Wildman–Crippen MR) is 218 cm³/mol. The Morgan fingerprint density at radius 3 is 2.11 bits per heavy atom. The van der Waals surface area contributed by atoms with Crippen LogP contribution in [0.25, 0.3) is 0 Å². The van der Waals surface area contributed by atoms with E-state index in [4.69, 9.17) is 18.9 Å². The van der Waals surface area contributed by atoms with Gasteiger partial charge in [-0.05, 0) is 145 Å². The van der Waals surface area contributed by atoms with E-state index in [9.17, 15) is 9.59 Å². The summed E-state index contributed by atoms with van der Waals surface area (Å²) in [5.74, 6) is 2.49. The molecule has 2 N–H and O–H groups in total. The largest absolute Gasteiger partial charge is 0.497 e. The SMILES string of the molecule is COc1ccc(SNC(=O)CN(Sc2ccc(OC)cc2)c2cccc3c2CCN3C(C(=O)NSc2ccc(C)cc2OC)c2cccc(OC)c2)cc1. The van der Waals surface area contributed by atoms with E-state index in [1.807, 2.05) is 120 Å². The van der Waals surface area contributed by atoms with Gasteiger partial charge in [-0.25, -0.2) is 0 Å². The highest BCUT2D eigenvalue weighted by molar-refractivity contribution is 8.00. The zero-order valence-corrected chi connectivity index (χ0v) is 33.1. The van der Waals surface area contributed by atoms with Crippen LogP contribution in [0.1, 0.15) is 22.7 Å². The Hall–Kier alpha value is -5.11. The minimum absolute atomic E-state index is 0.0745. The predicted octanol–water partition coefficient (Wildman–Crippen LogP) is 8.29. The summed E-state index contributed by atoms with van der Waals surface area (Å²) in [5.41, 5.74) is 4.71. The zero-order chi connectivity index (χ0) is 38.0. The van der Waals surface area contributed by atoms with Crippen LogP contribution in [-0.2, 0) is 16.0 Å². The summed E-state index contributed by atoms with van der Waals surface area (Å²) >= 11 is 3.96. The van der Waals surface area contributed by atoms with Gasteiger partial charge in [0.15, 0.2) is 0 Å². The van der Waals surface area contributed by atoms with E-state index < -0.39 is 6.04 Å². The van der Waals surface area contributed by atoms with E-state index in [0.717, 1.165) is 54.3 Å². The Morgan fingerprint density at radius 2 is 1.43 bits per heavy atom. The zero-order valence-electron chi connectivity index (χ0n) is 30.7. The van der Waals surface area contributed by atoms with Crippen LogP contribution < -0.4 is 37.6 Å². The number of hydrogen-bond acceptors (Lipinski definition) is 11. The van der Waals surface area contributed by atoms with Crippen LogP contribution in [0.4, 0.5) is 11.4 Å². The molecule has 10 nitrogen and oxygen atoms in total. The minimum atomic E-state index is -0.674. The lowest BCUT2D eigenvalue weighted by molar-refractivity contribution is -0.120. The molecule has 1 aliphatic rings. The van der Waals surface area contributed by atoms with E-state index in [1.54, 1.807) is 28.4 Å². The Labute approximate surface area is 329 Å². The number of hydrogen-bond donors (Lipinski definition) is 2. The van der Waals surface area contributed by atoms with Gasteiger partial charge in [0.25, 0.3) is 11.8 Å². The second-order valence-electron chi connectivity index (χ2n) is 12.2. The molecular formula is C41H42N4O6S3. The summed E-state index contributed by atoms with van der Waals surface area (Å²) in [7, 11) is 6.50. The number of benzene rings is 5. The van der Waals surface area contributed by atoms with Crippen molar-refractivity contribution in [2.75, 3.05) is 50.7 Å². The molecule has 2 amide bonds. The van der Waals surface area contributed by atoms with E-state index in [0.29, 0.717) is 24.5 Å². The normalized spacial score (nSPS) is 12.4. The second-order valence-corrected chi connectivity index (χ2v) is 15.0. The third-order valence-electron chi connectivity index (χ3n) is 8.76. The first kappa shape index (κ1) is 38.6. The van der Waals surface area contributed by atoms with Crippen molar-refractivity contribution >= 4 is 59.0 Å². The Morgan fingerprint density at radius 1 is 0.741 bits per heavy atom. The maximum Gasteiger partial charge on any atom is 0.257 e. The van der Waals surface area contributed by atoms with Gasteiger partial charge in [0.05, 0.1) is 39.0 Å². The molecular weight excluding hydrogens is 741 g/mol. The maximum absolute atomic E-state index is 14.3. The first-order chi connectivity index (χ1) is 26.3. The van der Waals surface area contributed by atoms with Gasteiger partial charge < -0.3 is 28.2 Å². The van der Waals surface area contributed by atoms with Gasteiger partial charge >= 0.3 is 0 Å². The summed E-state index contributed by atoms with van der Waals surface area (Å²) in [6.45, 7) is 2.66. The van der Waals surface area contributed by atoms with Crippen molar-refractivity contribution in [1.82, 2.24) is 9.44 Å². The number of anilines is 2. The molecule has 0 saturated carbocycles. The monoisotopic (exact) mass is 782 g/mol. The molecule has 0 aliphatic carbocycles. The molecule has 280 valence electrons. The fourth-order valence-corrected chi connectivity index (χ4v) is 8.33. The van der Waals surface area contributed by atoms with Crippen molar-refractivity contribution in [2.24, 2.45) is 0 Å². The standard InChI is InChI=1S/C41H42N4O6S3/c1-27-12-21-38(37(24-27)51-5)53-43-41(47)40(28-8-6-9-31(25-28)50-4)44-23-22-34-35(44)10-7-11-36(34)45(54-33-19-15-30(49-3)16-20-33)26-39(46)42-52-32-17-13-29(48-2)14-18-32/h6-21,24-25,40H,22-23,26H2,1-5H3,(H,42,46)(H,43,47). The molecule has 5 aromatic carbocycles. The summed E-state index contributed by atoms with van der Waals surface area (Å²) < 4.78 is 29.9. The Balaban J connectivity index is 1.30. The molecule has 0 saturated heterocycles. The van der Waals surface area contributed by atoms with Gasteiger partial charge in [-0.15, -0.1) is 0 Å². The number of nitrogens with one attached hydrogen (secondary N) is 2. The Bertz CT molecular complexity index is 2070. The lowest BCUT2D eigenvalue weighted by Gasteiger charge is -2.31. The smallest absolute Gasteiger partial charge is 0.257 e. The minimum Gasteiger partial charge on any atom is -0.497 e. The average Bonchev–Trinajstić information content (AvgIpc) is 3.63. The van der Waals surface area contributed by atoms with Crippen molar-refractivity contribution in [3.8, 4) is 23.0 Å². The molecule has 0 fully saturated rings. The fraction of sp³-hybridized carbons (Fsp3) is 0.220. The van der Waals surface area contributed by atoms with Crippen molar-refractivity contribution in [3.63, 3.8) is 0 Å². The first-order valence-corrected chi connectivity index (χ1v) is 19.5. The van der Waals surface area contributed by atoms with E-state index in [-0.39, 0.29) is 18.4 Å². The molecule has 1 aliphatic heterocycles. The molecule has 0 bridgehead atoms. The topological polar surface area (TPSA) is 102 Å². The van der Waals surface area contributed by atoms with Crippen LogP contribution in [-0.4, -0.2) is 53.3 Å². The summed E-state index contributed by atoms with van der Waals surface area (Å²) in [5, 5.41) is 0. The molecule has 0 radical (unpaired) electrons. The van der Waals surface area contributed by atoms with Crippen LogP contribution in [0.2, 0.25) is 0 Å². The lowest BCUT2D eigenvalue weighted by Crippen LogP contribution is -2.37. The van der Waals surface area contributed by atoms with Crippen molar-refractivity contribution in [3.05, 3.63) is 126 Å². The highest BCUT2D eigenvalue weighted by atomic mass is 32.2. The van der Waals surface area contributed by atoms with Crippen molar-refractivity contribution in [2.45, 2.75) is 34.1 Å². The third kappa shape index (κ3) is 9.33.